The third-order valence-electron chi connectivity index (χ3n) is 4.97. The number of urea groups is 1. The van der Waals surface area contributed by atoms with Gasteiger partial charge in [-0.25, -0.2) is 9.78 Å². The van der Waals surface area contributed by atoms with Gasteiger partial charge in [0.15, 0.2) is 5.13 Å². The average molecular weight is 366 g/mol. The number of anilines is 1. The molecular weight excluding hydrogens is 338 g/mol. The number of aromatic nitrogens is 1. The molecule has 2 saturated heterocycles. The smallest absolute Gasteiger partial charge is 0.319 e. The van der Waals surface area contributed by atoms with Gasteiger partial charge < -0.3 is 19.6 Å². The number of rotatable bonds is 2. The minimum Gasteiger partial charge on any atom is -0.345 e. The zero-order valence-electron chi connectivity index (χ0n) is 15.3. The van der Waals surface area contributed by atoms with Gasteiger partial charge >= 0.3 is 6.03 Å². The highest BCUT2D eigenvalue weighted by atomic mass is 32.1. The Bertz CT molecular complexity index is 616. The molecular formula is C17H27N5O2S. The average Bonchev–Trinajstić information content (AvgIpc) is 3.07. The van der Waals surface area contributed by atoms with Gasteiger partial charge in [0.05, 0.1) is 5.69 Å². The Balaban J connectivity index is 1.48. The monoisotopic (exact) mass is 365 g/mol. The highest BCUT2D eigenvalue weighted by Crippen LogP contribution is 2.24. The Morgan fingerprint density at radius 3 is 2.24 bits per heavy atom. The van der Waals surface area contributed by atoms with Crippen LogP contribution in [0.15, 0.2) is 5.38 Å². The van der Waals surface area contributed by atoms with Crippen molar-refractivity contribution in [3.8, 4) is 0 Å². The summed E-state index contributed by atoms with van der Waals surface area (Å²) in [6, 6.07) is 0.0401. The first-order valence-corrected chi connectivity index (χ1v) is 9.76. The van der Waals surface area contributed by atoms with Gasteiger partial charge in [-0.05, 0) is 19.8 Å². The summed E-state index contributed by atoms with van der Waals surface area (Å²) < 4.78 is 0. The highest BCUT2D eigenvalue weighted by molar-refractivity contribution is 7.13. The molecule has 2 fully saturated rings. The minimum absolute atomic E-state index is 0.0401. The number of hydrogen-bond donors (Lipinski definition) is 0. The second kappa shape index (κ2) is 7.59. The van der Waals surface area contributed by atoms with Crippen LogP contribution in [0.4, 0.5) is 9.93 Å². The van der Waals surface area contributed by atoms with Crippen molar-refractivity contribution in [3.05, 3.63) is 11.1 Å². The van der Waals surface area contributed by atoms with Crippen LogP contribution < -0.4 is 4.90 Å². The topological polar surface area (TPSA) is 60.0 Å². The Morgan fingerprint density at radius 2 is 1.72 bits per heavy atom. The zero-order valence-corrected chi connectivity index (χ0v) is 16.1. The van der Waals surface area contributed by atoms with Crippen LogP contribution in [0.3, 0.4) is 0 Å². The van der Waals surface area contributed by atoms with E-state index in [-0.39, 0.29) is 17.9 Å². The van der Waals surface area contributed by atoms with Crippen molar-refractivity contribution in [1.82, 2.24) is 19.7 Å². The van der Waals surface area contributed by atoms with Gasteiger partial charge in [-0.15, -0.1) is 11.3 Å². The number of likely N-dealkylation sites (tertiary alicyclic amines) is 1. The quantitative estimate of drug-likeness (QED) is 0.797. The second-order valence-electron chi connectivity index (χ2n) is 7.02. The molecule has 7 nitrogen and oxygen atoms in total. The molecule has 0 atom stereocenters. The molecule has 0 bridgehead atoms. The van der Waals surface area contributed by atoms with Crippen molar-refractivity contribution < 1.29 is 9.59 Å². The molecule has 2 aliphatic rings. The number of thiazole rings is 1. The molecule has 0 radical (unpaired) electrons. The van der Waals surface area contributed by atoms with Crippen LogP contribution in [0.2, 0.25) is 0 Å². The molecule has 25 heavy (non-hydrogen) atoms. The molecule has 0 aliphatic carbocycles. The molecule has 1 aromatic heterocycles. The Labute approximate surface area is 153 Å². The third-order valence-corrected chi connectivity index (χ3v) is 5.99. The number of piperidine rings is 1. The first-order valence-electron chi connectivity index (χ1n) is 8.88. The van der Waals surface area contributed by atoms with Crippen LogP contribution >= 0.6 is 11.3 Å². The maximum atomic E-state index is 12.8. The summed E-state index contributed by atoms with van der Waals surface area (Å²) in [6.45, 7) is 6.56. The van der Waals surface area contributed by atoms with E-state index in [2.05, 4.69) is 15.3 Å². The minimum atomic E-state index is 0.0401. The van der Waals surface area contributed by atoms with E-state index < -0.39 is 0 Å². The van der Waals surface area contributed by atoms with Gasteiger partial charge in [0, 0.05) is 64.7 Å². The fourth-order valence-corrected chi connectivity index (χ4v) is 4.32. The van der Waals surface area contributed by atoms with E-state index in [1.807, 2.05) is 16.7 Å². The highest BCUT2D eigenvalue weighted by Gasteiger charge is 2.32. The molecule has 0 aromatic carbocycles. The molecule has 0 N–H and O–H groups in total. The van der Waals surface area contributed by atoms with Gasteiger partial charge in [-0.3, -0.25) is 4.79 Å². The largest absolute Gasteiger partial charge is 0.345 e. The number of aryl methyl sites for hydroxylation is 1. The molecule has 3 amide bonds. The fraction of sp³-hybridized carbons (Fsp3) is 0.706. The predicted octanol–water partition coefficient (Wildman–Crippen LogP) is 1.49. The molecule has 2 aliphatic heterocycles. The first kappa shape index (κ1) is 18.0. The van der Waals surface area contributed by atoms with E-state index in [4.69, 9.17) is 0 Å². The molecule has 0 unspecified atom stereocenters. The summed E-state index contributed by atoms with van der Waals surface area (Å²) in [5.41, 5.74) is 1.05. The zero-order chi connectivity index (χ0) is 18.0. The van der Waals surface area contributed by atoms with Crippen LogP contribution in [-0.4, -0.2) is 85.0 Å². The van der Waals surface area contributed by atoms with Crippen molar-refractivity contribution in [3.63, 3.8) is 0 Å². The number of nitrogens with zero attached hydrogens (tertiary/aromatic N) is 5. The van der Waals surface area contributed by atoms with Crippen molar-refractivity contribution >= 4 is 28.4 Å². The van der Waals surface area contributed by atoms with E-state index in [1.165, 1.54) is 0 Å². The van der Waals surface area contributed by atoms with Gasteiger partial charge in [-0.1, -0.05) is 0 Å². The van der Waals surface area contributed by atoms with Crippen molar-refractivity contribution in [2.24, 2.45) is 5.92 Å². The Morgan fingerprint density at radius 1 is 1.08 bits per heavy atom. The number of carbonyl (C=O) groups excluding carboxylic acids is 2. The molecule has 3 rings (SSSR count). The summed E-state index contributed by atoms with van der Waals surface area (Å²) >= 11 is 1.67. The van der Waals surface area contributed by atoms with Crippen LogP contribution in [-0.2, 0) is 4.79 Å². The molecule has 138 valence electrons. The van der Waals surface area contributed by atoms with E-state index in [0.717, 1.165) is 49.8 Å². The maximum absolute atomic E-state index is 12.8. The second-order valence-corrected chi connectivity index (χ2v) is 7.86. The van der Waals surface area contributed by atoms with Crippen molar-refractivity contribution in [2.45, 2.75) is 19.8 Å². The molecule has 0 spiro atoms. The molecule has 0 saturated carbocycles. The van der Waals surface area contributed by atoms with E-state index in [0.29, 0.717) is 13.1 Å². The lowest BCUT2D eigenvalue weighted by molar-refractivity contribution is -0.137. The lowest BCUT2D eigenvalue weighted by atomic mass is 9.95. The van der Waals surface area contributed by atoms with E-state index >= 15 is 0 Å². The lowest BCUT2D eigenvalue weighted by Crippen LogP contribution is -2.52. The Kier molecular flexibility index (Phi) is 5.46. The normalized spacial score (nSPS) is 19.2. The summed E-state index contributed by atoms with van der Waals surface area (Å²) in [4.78, 5) is 37.0. The number of hydrogen-bond acceptors (Lipinski definition) is 5. The van der Waals surface area contributed by atoms with Gasteiger partial charge in [-0.2, -0.15) is 0 Å². The maximum Gasteiger partial charge on any atom is 0.319 e. The molecule has 3 heterocycles. The summed E-state index contributed by atoms with van der Waals surface area (Å²) in [5, 5.41) is 3.12. The van der Waals surface area contributed by atoms with Gasteiger partial charge in [0.1, 0.15) is 0 Å². The first-order chi connectivity index (χ1) is 12.0. The number of amides is 3. The summed E-state index contributed by atoms with van der Waals surface area (Å²) in [7, 11) is 3.53. The van der Waals surface area contributed by atoms with Crippen molar-refractivity contribution in [2.75, 3.05) is 58.3 Å². The van der Waals surface area contributed by atoms with Gasteiger partial charge in [0.25, 0.3) is 0 Å². The van der Waals surface area contributed by atoms with Crippen molar-refractivity contribution in [1.29, 1.82) is 0 Å². The van der Waals surface area contributed by atoms with E-state index in [9.17, 15) is 9.59 Å². The SMILES string of the molecule is Cc1csc(N2CCN(C(=O)C3CCN(C(=O)N(C)C)CC3)CC2)n1. The molecule has 1 aromatic rings. The third kappa shape index (κ3) is 4.05. The Hall–Kier alpha value is -1.83. The van der Waals surface area contributed by atoms with Gasteiger partial charge in [0.2, 0.25) is 5.91 Å². The molecule has 8 heteroatoms. The fourth-order valence-electron chi connectivity index (χ4n) is 3.46. The summed E-state index contributed by atoms with van der Waals surface area (Å²) in [5.74, 6) is 0.312. The van der Waals surface area contributed by atoms with Crippen LogP contribution in [0.5, 0.6) is 0 Å². The standard InChI is InChI=1S/C17H27N5O2S/c1-13-12-25-16(18-13)21-10-8-20(9-11-21)15(23)14-4-6-22(7-5-14)17(24)19(2)3/h12,14H,4-11H2,1-3H3. The lowest BCUT2D eigenvalue weighted by Gasteiger charge is -2.38. The predicted molar refractivity (Wildman–Crippen MR) is 99.0 cm³/mol. The van der Waals surface area contributed by atoms with Crippen LogP contribution in [0, 0.1) is 12.8 Å². The van der Waals surface area contributed by atoms with Crippen LogP contribution in [0.1, 0.15) is 18.5 Å². The number of carbonyl (C=O) groups is 2. The number of piperazine rings is 1. The summed E-state index contributed by atoms with van der Waals surface area (Å²) in [6.07, 6.45) is 1.54. The van der Waals surface area contributed by atoms with Crippen LogP contribution in [0.25, 0.3) is 0 Å². The van der Waals surface area contributed by atoms with E-state index in [1.54, 1.807) is 30.3 Å².